The van der Waals surface area contributed by atoms with Crippen LogP contribution in [0.15, 0.2) is 6.07 Å². The molecular weight excluding hydrogens is 231 g/mol. The fraction of sp³-hybridized carbons (Fsp3) is 0.636. The SMILES string of the molecule is CCC(N)(CC)c1nc(C)cc(C(F)(F)F)n1. The maximum atomic E-state index is 12.6. The Kier molecular flexibility index (Phi) is 3.76. The first-order chi connectivity index (χ1) is 7.73. The molecule has 0 unspecified atom stereocenters. The summed E-state index contributed by atoms with van der Waals surface area (Å²) in [5.41, 5.74) is 4.45. The Hall–Kier alpha value is -1.17. The molecule has 0 bridgehead atoms. The van der Waals surface area contributed by atoms with Gasteiger partial charge in [-0.05, 0) is 25.8 Å². The van der Waals surface area contributed by atoms with E-state index in [1.54, 1.807) is 0 Å². The first-order valence-electron chi connectivity index (χ1n) is 5.45. The van der Waals surface area contributed by atoms with Gasteiger partial charge in [0.25, 0.3) is 0 Å². The van der Waals surface area contributed by atoms with Crippen LogP contribution in [0.25, 0.3) is 0 Å². The van der Waals surface area contributed by atoms with E-state index < -0.39 is 17.4 Å². The lowest BCUT2D eigenvalue weighted by molar-refractivity contribution is -0.141. The maximum absolute atomic E-state index is 12.6. The van der Waals surface area contributed by atoms with Crippen LogP contribution in [0.3, 0.4) is 0 Å². The number of halogens is 3. The van der Waals surface area contributed by atoms with Crippen molar-refractivity contribution in [2.45, 2.75) is 45.3 Å². The molecule has 1 aromatic heterocycles. The third-order valence-electron chi connectivity index (χ3n) is 2.85. The second kappa shape index (κ2) is 4.60. The lowest BCUT2D eigenvalue weighted by atomic mass is 9.93. The van der Waals surface area contributed by atoms with Crippen LogP contribution >= 0.6 is 0 Å². The number of nitrogens with two attached hydrogens (primary N) is 1. The van der Waals surface area contributed by atoms with Gasteiger partial charge in [-0.3, -0.25) is 0 Å². The van der Waals surface area contributed by atoms with Crippen molar-refractivity contribution < 1.29 is 13.2 Å². The molecule has 3 nitrogen and oxygen atoms in total. The molecule has 1 heterocycles. The fourth-order valence-electron chi connectivity index (χ4n) is 1.50. The van der Waals surface area contributed by atoms with Gasteiger partial charge in [0.1, 0.15) is 11.5 Å². The Bertz CT molecular complexity index is 397. The van der Waals surface area contributed by atoms with E-state index in [0.29, 0.717) is 12.8 Å². The monoisotopic (exact) mass is 247 g/mol. The van der Waals surface area contributed by atoms with Crippen LogP contribution in [-0.2, 0) is 11.7 Å². The summed E-state index contributed by atoms with van der Waals surface area (Å²) in [5, 5.41) is 0. The summed E-state index contributed by atoms with van der Waals surface area (Å²) in [4.78, 5) is 7.58. The number of hydrogen-bond donors (Lipinski definition) is 1. The number of rotatable bonds is 3. The molecule has 0 amide bonds. The molecule has 0 aliphatic heterocycles. The molecule has 0 aliphatic rings. The van der Waals surface area contributed by atoms with Crippen molar-refractivity contribution in [1.29, 1.82) is 0 Å². The van der Waals surface area contributed by atoms with E-state index in [4.69, 9.17) is 5.73 Å². The van der Waals surface area contributed by atoms with Crippen LogP contribution in [0, 0.1) is 6.92 Å². The van der Waals surface area contributed by atoms with E-state index in [2.05, 4.69) is 9.97 Å². The highest BCUT2D eigenvalue weighted by atomic mass is 19.4. The van der Waals surface area contributed by atoms with Gasteiger partial charge in [-0.25, -0.2) is 9.97 Å². The zero-order chi connectivity index (χ0) is 13.3. The van der Waals surface area contributed by atoms with Gasteiger partial charge < -0.3 is 5.73 Å². The minimum atomic E-state index is -4.47. The van der Waals surface area contributed by atoms with Crippen molar-refractivity contribution >= 4 is 0 Å². The molecule has 0 aliphatic carbocycles. The predicted molar refractivity (Wildman–Crippen MR) is 58.2 cm³/mol. The Morgan fingerprint density at radius 1 is 1.18 bits per heavy atom. The highest BCUT2D eigenvalue weighted by molar-refractivity contribution is 5.17. The van der Waals surface area contributed by atoms with Crippen molar-refractivity contribution in [2.75, 3.05) is 0 Å². The molecule has 1 rings (SSSR count). The number of alkyl halides is 3. The molecule has 2 N–H and O–H groups in total. The number of hydrogen-bond acceptors (Lipinski definition) is 3. The van der Waals surface area contributed by atoms with Gasteiger partial charge in [0.2, 0.25) is 0 Å². The topological polar surface area (TPSA) is 51.8 Å². The molecule has 0 saturated heterocycles. The van der Waals surface area contributed by atoms with E-state index in [1.165, 1.54) is 6.92 Å². The highest BCUT2D eigenvalue weighted by Crippen LogP contribution is 2.30. The van der Waals surface area contributed by atoms with Crippen molar-refractivity contribution in [3.63, 3.8) is 0 Å². The van der Waals surface area contributed by atoms with E-state index >= 15 is 0 Å². The Balaban J connectivity index is 3.32. The number of aromatic nitrogens is 2. The normalized spacial score (nSPS) is 12.9. The lowest BCUT2D eigenvalue weighted by Crippen LogP contribution is -2.38. The standard InChI is InChI=1S/C11H16F3N3/c1-4-10(15,5-2)9-16-7(3)6-8(17-9)11(12,13)14/h6H,4-5,15H2,1-3H3. The number of aryl methyl sites for hydroxylation is 1. The molecule has 17 heavy (non-hydrogen) atoms. The highest BCUT2D eigenvalue weighted by Gasteiger charge is 2.35. The molecule has 0 atom stereocenters. The molecule has 0 saturated carbocycles. The lowest BCUT2D eigenvalue weighted by Gasteiger charge is -2.25. The van der Waals surface area contributed by atoms with Gasteiger partial charge in [0.15, 0.2) is 0 Å². The maximum Gasteiger partial charge on any atom is 0.433 e. The van der Waals surface area contributed by atoms with Gasteiger partial charge in [0.05, 0.1) is 5.54 Å². The van der Waals surface area contributed by atoms with Crippen LogP contribution in [-0.4, -0.2) is 9.97 Å². The van der Waals surface area contributed by atoms with E-state index in [9.17, 15) is 13.2 Å². The second-order valence-corrected chi connectivity index (χ2v) is 4.08. The average Bonchev–Trinajstić information content (AvgIpc) is 2.26. The number of nitrogens with zero attached hydrogens (tertiary/aromatic N) is 2. The van der Waals surface area contributed by atoms with Crippen LogP contribution < -0.4 is 5.73 Å². The quantitative estimate of drug-likeness (QED) is 0.893. The van der Waals surface area contributed by atoms with Gasteiger partial charge in [-0.1, -0.05) is 13.8 Å². The fourth-order valence-corrected chi connectivity index (χ4v) is 1.50. The Morgan fingerprint density at radius 3 is 2.12 bits per heavy atom. The third kappa shape index (κ3) is 2.94. The van der Waals surface area contributed by atoms with E-state index in [1.807, 2.05) is 13.8 Å². The van der Waals surface area contributed by atoms with Gasteiger partial charge >= 0.3 is 6.18 Å². The predicted octanol–water partition coefficient (Wildman–Crippen LogP) is 2.78. The Morgan fingerprint density at radius 2 is 1.71 bits per heavy atom. The smallest absolute Gasteiger partial charge is 0.319 e. The largest absolute Gasteiger partial charge is 0.433 e. The first-order valence-corrected chi connectivity index (χ1v) is 5.45. The second-order valence-electron chi connectivity index (χ2n) is 4.08. The van der Waals surface area contributed by atoms with Crippen molar-refractivity contribution in [2.24, 2.45) is 5.73 Å². The van der Waals surface area contributed by atoms with Crippen molar-refractivity contribution in [3.8, 4) is 0 Å². The third-order valence-corrected chi connectivity index (χ3v) is 2.85. The summed E-state index contributed by atoms with van der Waals surface area (Å²) < 4.78 is 37.8. The molecular formula is C11H16F3N3. The summed E-state index contributed by atoms with van der Waals surface area (Å²) in [6.45, 7) is 5.12. The first kappa shape index (κ1) is 13.9. The van der Waals surface area contributed by atoms with Crippen LogP contribution in [0.4, 0.5) is 13.2 Å². The molecule has 0 radical (unpaired) electrons. The zero-order valence-corrected chi connectivity index (χ0v) is 10.1. The molecule has 96 valence electrons. The van der Waals surface area contributed by atoms with Crippen LogP contribution in [0.2, 0.25) is 0 Å². The van der Waals surface area contributed by atoms with Crippen LogP contribution in [0.5, 0.6) is 0 Å². The molecule has 6 heteroatoms. The summed E-state index contributed by atoms with van der Waals surface area (Å²) in [6.07, 6.45) is -3.49. The Labute approximate surface area is 98.3 Å². The van der Waals surface area contributed by atoms with Gasteiger partial charge in [0, 0.05) is 5.69 Å². The van der Waals surface area contributed by atoms with E-state index in [0.717, 1.165) is 6.07 Å². The zero-order valence-electron chi connectivity index (χ0n) is 10.1. The molecule has 0 aromatic carbocycles. The summed E-state index contributed by atoms with van der Waals surface area (Å²) in [5.74, 6) is 0.0647. The molecule has 1 aromatic rings. The molecule has 0 spiro atoms. The van der Waals surface area contributed by atoms with Gasteiger partial charge in [-0.2, -0.15) is 13.2 Å². The summed E-state index contributed by atoms with van der Waals surface area (Å²) in [7, 11) is 0. The minimum absolute atomic E-state index is 0.0647. The minimum Gasteiger partial charge on any atom is -0.319 e. The average molecular weight is 247 g/mol. The van der Waals surface area contributed by atoms with Crippen molar-refractivity contribution in [3.05, 3.63) is 23.3 Å². The van der Waals surface area contributed by atoms with Crippen molar-refractivity contribution in [1.82, 2.24) is 9.97 Å². The van der Waals surface area contributed by atoms with E-state index in [-0.39, 0.29) is 11.5 Å². The molecule has 0 fully saturated rings. The van der Waals surface area contributed by atoms with Gasteiger partial charge in [-0.15, -0.1) is 0 Å². The summed E-state index contributed by atoms with van der Waals surface area (Å²) in [6, 6.07) is 0.926. The summed E-state index contributed by atoms with van der Waals surface area (Å²) >= 11 is 0. The van der Waals surface area contributed by atoms with Crippen LogP contribution in [0.1, 0.15) is 43.9 Å².